The molecule has 0 N–H and O–H groups in total. The molecule has 0 aliphatic carbocycles. The monoisotopic (exact) mass is 432 g/mol. The average Bonchev–Trinajstić information content (AvgIpc) is 2.92. The minimum Gasteiger partial charge on any atom is -0.452 e. The van der Waals surface area contributed by atoms with Crippen LogP contribution in [-0.4, -0.2) is 60.4 Å². The second-order valence-corrected chi connectivity index (χ2v) is 9.23. The van der Waals surface area contributed by atoms with Crippen molar-refractivity contribution in [2.24, 2.45) is 0 Å². The number of pyridine rings is 1. The molecule has 0 saturated carbocycles. The number of amides is 1. The van der Waals surface area contributed by atoms with Crippen molar-refractivity contribution in [2.75, 3.05) is 18.1 Å². The Morgan fingerprint density at radius 3 is 2.72 bits per heavy atom. The molecule has 1 aromatic rings. The highest BCUT2D eigenvalue weighted by Gasteiger charge is 2.36. The molecule has 7 nitrogen and oxygen atoms in total. The summed E-state index contributed by atoms with van der Waals surface area (Å²) in [6.07, 6.45) is 3.99. The fraction of sp³-hybridized carbons (Fsp3) is 0.562. The summed E-state index contributed by atoms with van der Waals surface area (Å²) in [5.41, 5.74) is 0.237. The van der Waals surface area contributed by atoms with Crippen molar-refractivity contribution < 1.29 is 22.7 Å². The van der Waals surface area contributed by atoms with E-state index in [4.69, 9.17) is 4.74 Å². The molecule has 1 aliphatic heterocycles. The van der Waals surface area contributed by atoms with Crippen LogP contribution in [0.5, 0.6) is 0 Å². The zero-order valence-electron chi connectivity index (χ0n) is 14.1. The Kier molecular flexibility index (Phi) is 6.56. The zero-order valence-corrected chi connectivity index (χ0v) is 16.5. The van der Waals surface area contributed by atoms with Crippen LogP contribution >= 0.6 is 15.9 Å². The maximum atomic E-state index is 12.6. The molecule has 9 heteroatoms. The summed E-state index contributed by atoms with van der Waals surface area (Å²) in [5, 5.41) is 0. The molecule has 1 fully saturated rings. The molecule has 1 aliphatic rings. The van der Waals surface area contributed by atoms with Crippen LogP contribution in [0.1, 0.15) is 37.0 Å². The van der Waals surface area contributed by atoms with Crippen molar-refractivity contribution >= 4 is 37.6 Å². The molecule has 1 aromatic heterocycles. The molecule has 0 aromatic carbocycles. The van der Waals surface area contributed by atoms with Crippen molar-refractivity contribution in [3.63, 3.8) is 0 Å². The number of hydrogen-bond donors (Lipinski definition) is 0. The van der Waals surface area contributed by atoms with Gasteiger partial charge in [0.15, 0.2) is 16.4 Å². The molecule has 2 atom stereocenters. The molecule has 0 radical (unpaired) electrons. The SMILES string of the molecule is CC[C@@H](C)N(C(=O)COC(=O)c1cncc(Br)c1)[C@H]1CCS(=O)(=O)C1. The highest BCUT2D eigenvalue weighted by molar-refractivity contribution is 9.10. The van der Waals surface area contributed by atoms with E-state index in [1.807, 2.05) is 13.8 Å². The number of ether oxygens (including phenoxy) is 1. The first-order valence-corrected chi connectivity index (χ1v) is 10.6. The molecule has 0 unspecified atom stereocenters. The number of hydrogen-bond acceptors (Lipinski definition) is 6. The normalized spacial score (nSPS) is 20.0. The Morgan fingerprint density at radius 1 is 1.44 bits per heavy atom. The third kappa shape index (κ3) is 5.24. The lowest BCUT2D eigenvalue weighted by atomic mass is 10.1. The van der Waals surface area contributed by atoms with Gasteiger partial charge in [-0.1, -0.05) is 6.92 Å². The quantitative estimate of drug-likeness (QED) is 0.636. The maximum Gasteiger partial charge on any atom is 0.340 e. The fourth-order valence-electron chi connectivity index (χ4n) is 2.81. The molecular formula is C16H21BrN2O5S. The van der Waals surface area contributed by atoms with E-state index in [-0.39, 0.29) is 35.1 Å². The molecule has 1 amide bonds. The Labute approximate surface area is 155 Å². The summed E-state index contributed by atoms with van der Waals surface area (Å²) in [6, 6.07) is 1.06. The molecular weight excluding hydrogens is 412 g/mol. The first-order valence-electron chi connectivity index (χ1n) is 8.02. The van der Waals surface area contributed by atoms with Gasteiger partial charge in [0.2, 0.25) is 0 Å². The Balaban J connectivity index is 2.03. The van der Waals surface area contributed by atoms with Crippen molar-refractivity contribution in [3.05, 3.63) is 28.5 Å². The standard InChI is InChI=1S/C16H21BrN2O5S/c1-3-11(2)19(14-4-5-25(22,23)10-14)15(20)9-24-16(21)12-6-13(17)8-18-7-12/h6-8,11,14H,3-5,9-10H2,1-2H3/t11-,14+/m1/s1. The van der Waals surface area contributed by atoms with Gasteiger partial charge in [0.05, 0.1) is 17.1 Å². The van der Waals surface area contributed by atoms with Crippen LogP contribution in [0.3, 0.4) is 0 Å². The molecule has 1 saturated heterocycles. The van der Waals surface area contributed by atoms with E-state index in [0.29, 0.717) is 17.3 Å². The summed E-state index contributed by atoms with van der Waals surface area (Å²) < 4.78 is 29.2. The van der Waals surface area contributed by atoms with Crippen LogP contribution in [0.15, 0.2) is 22.9 Å². The van der Waals surface area contributed by atoms with Crippen molar-refractivity contribution in [1.29, 1.82) is 0 Å². The first-order chi connectivity index (χ1) is 11.7. The van der Waals surface area contributed by atoms with Gasteiger partial charge in [-0.05, 0) is 41.8 Å². The van der Waals surface area contributed by atoms with Crippen molar-refractivity contribution in [3.8, 4) is 0 Å². The van der Waals surface area contributed by atoms with Gasteiger partial charge in [0.25, 0.3) is 5.91 Å². The molecule has 0 bridgehead atoms. The minimum atomic E-state index is -3.11. The number of nitrogens with zero attached hydrogens (tertiary/aromatic N) is 2. The first kappa shape index (κ1) is 19.8. The van der Waals surface area contributed by atoms with Gasteiger partial charge in [-0.15, -0.1) is 0 Å². The van der Waals surface area contributed by atoms with Crippen molar-refractivity contribution in [1.82, 2.24) is 9.88 Å². The maximum absolute atomic E-state index is 12.6. The molecule has 2 rings (SSSR count). The van der Waals surface area contributed by atoms with E-state index < -0.39 is 22.4 Å². The van der Waals surface area contributed by atoms with Crippen LogP contribution in [0.4, 0.5) is 0 Å². The molecule has 25 heavy (non-hydrogen) atoms. The third-order valence-corrected chi connectivity index (χ3v) is 6.41. The van der Waals surface area contributed by atoms with Gasteiger partial charge in [-0.25, -0.2) is 13.2 Å². The number of esters is 1. The second kappa shape index (κ2) is 8.27. The van der Waals surface area contributed by atoms with E-state index in [2.05, 4.69) is 20.9 Å². The number of carbonyl (C=O) groups is 2. The van der Waals surface area contributed by atoms with Gasteiger partial charge < -0.3 is 9.64 Å². The Bertz CT molecular complexity index is 753. The summed E-state index contributed by atoms with van der Waals surface area (Å²) in [7, 11) is -3.11. The second-order valence-electron chi connectivity index (χ2n) is 6.08. The highest BCUT2D eigenvalue weighted by Crippen LogP contribution is 2.21. The lowest BCUT2D eigenvalue weighted by molar-refractivity contribution is -0.138. The smallest absolute Gasteiger partial charge is 0.340 e. The van der Waals surface area contributed by atoms with E-state index >= 15 is 0 Å². The molecule has 138 valence electrons. The Morgan fingerprint density at radius 2 is 2.16 bits per heavy atom. The van der Waals surface area contributed by atoms with E-state index in [0.717, 1.165) is 0 Å². The predicted molar refractivity (Wildman–Crippen MR) is 95.9 cm³/mol. The summed E-state index contributed by atoms with van der Waals surface area (Å²) >= 11 is 3.22. The zero-order chi connectivity index (χ0) is 18.6. The lowest BCUT2D eigenvalue weighted by Crippen LogP contribution is -2.48. The number of carbonyl (C=O) groups excluding carboxylic acids is 2. The van der Waals surface area contributed by atoms with Gasteiger partial charge in [0.1, 0.15) is 0 Å². The topological polar surface area (TPSA) is 93.6 Å². The van der Waals surface area contributed by atoms with E-state index in [1.165, 1.54) is 12.4 Å². The number of halogens is 1. The Hall–Kier alpha value is -1.48. The van der Waals surface area contributed by atoms with Gasteiger partial charge in [-0.3, -0.25) is 9.78 Å². The fourth-order valence-corrected chi connectivity index (χ4v) is 4.89. The van der Waals surface area contributed by atoms with Gasteiger partial charge in [0, 0.05) is 29.0 Å². The van der Waals surface area contributed by atoms with Gasteiger partial charge in [-0.2, -0.15) is 0 Å². The van der Waals surface area contributed by atoms with Crippen LogP contribution in [0, 0.1) is 0 Å². The minimum absolute atomic E-state index is 0.0351. The number of rotatable bonds is 6. The number of sulfone groups is 1. The average molecular weight is 433 g/mol. The third-order valence-electron chi connectivity index (χ3n) is 4.22. The van der Waals surface area contributed by atoms with Crippen molar-refractivity contribution in [2.45, 2.75) is 38.8 Å². The number of aromatic nitrogens is 1. The van der Waals surface area contributed by atoms with Crippen LogP contribution in [0.2, 0.25) is 0 Å². The lowest BCUT2D eigenvalue weighted by Gasteiger charge is -2.33. The summed E-state index contributed by atoms with van der Waals surface area (Å²) in [6.45, 7) is 3.36. The predicted octanol–water partition coefficient (Wildman–Crippen LogP) is 1.82. The van der Waals surface area contributed by atoms with Crippen LogP contribution < -0.4 is 0 Å². The highest BCUT2D eigenvalue weighted by atomic mass is 79.9. The summed E-state index contributed by atoms with van der Waals surface area (Å²) in [4.78, 5) is 30.0. The summed E-state index contributed by atoms with van der Waals surface area (Å²) in [5.74, 6) is -0.980. The van der Waals surface area contributed by atoms with Gasteiger partial charge >= 0.3 is 5.97 Å². The largest absolute Gasteiger partial charge is 0.452 e. The van der Waals surface area contributed by atoms with Crippen LogP contribution in [-0.2, 0) is 19.4 Å². The molecule has 0 spiro atoms. The van der Waals surface area contributed by atoms with E-state index in [1.54, 1.807) is 11.0 Å². The van der Waals surface area contributed by atoms with E-state index in [9.17, 15) is 18.0 Å². The van der Waals surface area contributed by atoms with Crippen LogP contribution in [0.25, 0.3) is 0 Å². The molecule has 2 heterocycles.